The largest absolute Gasteiger partial charge is 0.359 e. The predicted molar refractivity (Wildman–Crippen MR) is 89.7 cm³/mol. The lowest BCUT2D eigenvalue weighted by molar-refractivity contribution is -0.132. The van der Waals surface area contributed by atoms with Gasteiger partial charge < -0.3 is 10.2 Å². The van der Waals surface area contributed by atoms with Crippen LogP contribution in [0.2, 0.25) is 0 Å². The lowest BCUT2D eigenvalue weighted by Gasteiger charge is -2.38. The van der Waals surface area contributed by atoms with E-state index in [-0.39, 0.29) is 23.1 Å². The van der Waals surface area contributed by atoms with Crippen LogP contribution in [0.3, 0.4) is 0 Å². The van der Waals surface area contributed by atoms with Gasteiger partial charge in [-0.1, -0.05) is 18.2 Å². The molecule has 3 rings (SSSR count). The number of carbonyl (C=O) groups is 2. The highest BCUT2D eigenvalue weighted by molar-refractivity contribution is 6.05. The Morgan fingerprint density at radius 2 is 2.00 bits per heavy atom. The molecule has 0 radical (unpaired) electrons. The third-order valence-corrected chi connectivity index (χ3v) is 4.66. The minimum Gasteiger partial charge on any atom is -0.359 e. The summed E-state index contributed by atoms with van der Waals surface area (Å²) in [6, 6.07) is 6.89. The Labute approximate surface area is 139 Å². The van der Waals surface area contributed by atoms with E-state index in [1.807, 2.05) is 6.92 Å². The van der Waals surface area contributed by atoms with Gasteiger partial charge in [0, 0.05) is 25.5 Å². The third-order valence-electron chi connectivity index (χ3n) is 4.66. The molecule has 1 saturated heterocycles. The minimum atomic E-state index is -0.610. The molecule has 1 unspecified atom stereocenters. The van der Waals surface area contributed by atoms with Gasteiger partial charge in [0.15, 0.2) is 5.69 Å². The molecule has 0 bridgehead atoms. The van der Waals surface area contributed by atoms with Crippen LogP contribution in [0.4, 0.5) is 0 Å². The number of fused-ring (bicyclic) bond motifs is 1. The topological polar surface area (TPSA) is 95.2 Å². The average molecular weight is 328 g/mol. The zero-order chi connectivity index (χ0) is 17.3. The highest BCUT2D eigenvalue weighted by atomic mass is 16.2. The standard InChI is InChI=1S/C17H20N4O3/c1-17(16(24)18-2)8-5-9-21(10-17)15(23)13-11-6-3-4-7-12(11)14(22)20-19-13/h3-4,6-7H,5,8-10H2,1-2H3,(H,18,24)(H,20,22). The van der Waals surface area contributed by atoms with Gasteiger partial charge in [-0.3, -0.25) is 14.4 Å². The summed E-state index contributed by atoms with van der Waals surface area (Å²) in [6.45, 7) is 2.77. The first-order chi connectivity index (χ1) is 11.5. The lowest BCUT2D eigenvalue weighted by atomic mass is 9.81. The smallest absolute Gasteiger partial charge is 0.274 e. The number of rotatable bonds is 2. The Morgan fingerprint density at radius 3 is 2.71 bits per heavy atom. The number of nitrogens with one attached hydrogen (secondary N) is 2. The quantitative estimate of drug-likeness (QED) is 0.856. The van der Waals surface area contributed by atoms with E-state index in [2.05, 4.69) is 15.5 Å². The summed E-state index contributed by atoms with van der Waals surface area (Å²) in [7, 11) is 1.60. The maximum Gasteiger partial charge on any atom is 0.274 e. The van der Waals surface area contributed by atoms with Gasteiger partial charge in [-0.2, -0.15) is 5.10 Å². The van der Waals surface area contributed by atoms with E-state index in [0.29, 0.717) is 23.9 Å². The minimum absolute atomic E-state index is 0.0701. The van der Waals surface area contributed by atoms with Crippen molar-refractivity contribution in [2.24, 2.45) is 5.41 Å². The van der Waals surface area contributed by atoms with Gasteiger partial charge in [-0.25, -0.2) is 5.10 Å². The van der Waals surface area contributed by atoms with Gasteiger partial charge in [-0.15, -0.1) is 0 Å². The van der Waals surface area contributed by atoms with E-state index in [1.54, 1.807) is 36.2 Å². The van der Waals surface area contributed by atoms with Crippen LogP contribution < -0.4 is 10.9 Å². The van der Waals surface area contributed by atoms with Crippen LogP contribution in [0.5, 0.6) is 0 Å². The van der Waals surface area contributed by atoms with E-state index < -0.39 is 5.41 Å². The number of aromatic nitrogens is 2. The molecule has 2 heterocycles. The molecular formula is C17H20N4O3. The summed E-state index contributed by atoms with van der Waals surface area (Å²) in [5.74, 6) is -0.337. The van der Waals surface area contributed by atoms with E-state index >= 15 is 0 Å². The monoisotopic (exact) mass is 328 g/mol. The summed E-state index contributed by atoms with van der Waals surface area (Å²) < 4.78 is 0. The molecule has 1 aliphatic rings. The molecule has 0 spiro atoms. The summed E-state index contributed by atoms with van der Waals surface area (Å²) in [5, 5.41) is 9.98. The molecule has 24 heavy (non-hydrogen) atoms. The van der Waals surface area contributed by atoms with Crippen molar-refractivity contribution in [1.82, 2.24) is 20.4 Å². The summed E-state index contributed by atoms with van der Waals surface area (Å²) in [4.78, 5) is 38.6. The predicted octanol–water partition coefficient (Wildman–Crippen LogP) is 0.911. The molecule has 2 N–H and O–H groups in total. The van der Waals surface area contributed by atoms with Crippen LogP contribution in [0.15, 0.2) is 29.1 Å². The molecule has 0 aliphatic carbocycles. The molecule has 2 aromatic rings. The van der Waals surface area contributed by atoms with Crippen molar-refractivity contribution in [1.29, 1.82) is 0 Å². The Morgan fingerprint density at radius 1 is 1.29 bits per heavy atom. The Balaban J connectivity index is 1.97. The van der Waals surface area contributed by atoms with Crippen LogP contribution in [-0.2, 0) is 4.79 Å². The van der Waals surface area contributed by atoms with Crippen LogP contribution in [0.1, 0.15) is 30.3 Å². The number of H-pyrrole nitrogens is 1. The molecule has 7 nitrogen and oxygen atoms in total. The number of amides is 2. The number of likely N-dealkylation sites (tertiary alicyclic amines) is 1. The second-order valence-corrected chi connectivity index (χ2v) is 6.42. The number of benzene rings is 1. The van der Waals surface area contributed by atoms with Gasteiger partial charge in [0.05, 0.1) is 10.8 Å². The van der Waals surface area contributed by atoms with Crippen molar-refractivity contribution in [3.63, 3.8) is 0 Å². The summed E-state index contributed by atoms with van der Waals surface area (Å²) >= 11 is 0. The van der Waals surface area contributed by atoms with Gasteiger partial charge in [0.1, 0.15) is 0 Å². The fraction of sp³-hybridized carbons (Fsp3) is 0.412. The van der Waals surface area contributed by atoms with Crippen molar-refractivity contribution < 1.29 is 9.59 Å². The average Bonchev–Trinajstić information content (AvgIpc) is 2.61. The fourth-order valence-corrected chi connectivity index (χ4v) is 3.33. The zero-order valence-corrected chi connectivity index (χ0v) is 13.8. The van der Waals surface area contributed by atoms with Crippen molar-refractivity contribution in [2.75, 3.05) is 20.1 Å². The van der Waals surface area contributed by atoms with E-state index in [0.717, 1.165) is 12.8 Å². The Kier molecular flexibility index (Phi) is 4.09. The van der Waals surface area contributed by atoms with Crippen molar-refractivity contribution in [3.8, 4) is 0 Å². The molecule has 7 heteroatoms. The molecule has 1 aromatic carbocycles. The number of aromatic amines is 1. The fourth-order valence-electron chi connectivity index (χ4n) is 3.33. The van der Waals surface area contributed by atoms with E-state index in [4.69, 9.17) is 0 Å². The normalized spacial score (nSPS) is 20.8. The molecule has 0 saturated carbocycles. The molecule has 126 valence electrons. The van der Waals surface area contributed by atoms with Gasteiger partial charge >= 0.3 is 0 Å². The van der Waals surface area contributed by atoms with Crippen molar-refractivity contribution >= 4 is 22.6 Å². The number of carbonyl (C=O) groups excluding carboxylic acids is 2. The summed E-state index contributed by atoms with van der Waals surface area (Å²) in [6.07, 6.45) is 1.48. The number of hydrogen-bond donors (Lipinski definition) is 2. The SMILES string of the molecule is CNC(=O)C1(C)CCCN(C(=O)c2n[nH]c(=O)c3ccccc23)C1. The maximum atomic E-state index is 12.9. The lowest BCUT2D eigenvalue weighted by Crippen LogP contribution is -2.51. The molecule has 1 aliphatic heterocycles. The zero-order valence-electron chi connectivity index (χ0n) is 13.8. The molecule has 2 amide bonds. The third kappa shape index (κ3) is 2.66. The van der Waals surface area contributed by atoms with Crippen molar-refractivity contribution in [2.45, 2.75) is 19.8 Å². The second kappa shape index (κ2) is 6.07. The first-order valence-electron chi connectivity index (χ1n) is 7.95. The number of piperidine rings is 1. The van der Waals surface area contributed by atoms with Crippen LogP contribution in [0, 0.1) is 5.41 Å². The van der Waals surface area contributed by atoms with Crippen molar-refractivity contribution in [3.05, 3.63) is 40.3 Å². The maximum absolute atomic E-state index is 12.9. The van der Waals surface area contributed by atoms with E-state index in [9.17, 15) is 14.4 Å². The van der Waals surface area contributed by atoms with Crippen LogP contribution in [0.25, 0.3) is 10.8 Å². The van der Waals surface area contributed by atoms with Gasteiger partial charge in [0.2, 0.25) is 5.91 Å². The van der Waals surface area contributed by atoms with E-state index in [1.165, 1.54) is 0 Å². The first kappa shape index (κ1) is 16.2. The van der Waals surface area contributed by atoms with Crippen LogP contribution in [-0.4, -0.2) is 47.0 Å². The highest BCUT2D eigenvalue weighted by Gasteiger charge is 2.39. The molecular weight excluding hydrogens is 308 g/mol. The first-order valence-corrected chi connectivity index (χ1v) is 7.95. The van der Waals surface area contributed by atoms with Crippen LogP contribution >= 0.6 is 0 Å². The molecule has 1 fully saturated rings. The molecule has 1 atom stereocenters. The van der Waals surface area contributed by atoms with Gasteiger partial charge in [0.25, 0.3) is 11.5 Å². The Hall–Kier alpha value is -2.70. The number of nitrogens with zero attached hydrogens (tertiary/aromatic N) is 2. The Bertz CT molecular complexity index is 860. The highest BCUT2D eigenvalue weighted by Crippen LogP contribution is 2.30. The number of hydrogen-bond acceptors (Lipinski definition) is 4. The molecule has 1 aromatic heterocycles. The summed E-state index contributed by atoms with van der Waals surface area (Å²) in [5.41, 5.74) is -0.719. The second-order valence-electron chi connectivity index (χ2n) is 6.42. The van der Waals surface area contributed by atoms with Gasteiger partial charge in [-0.05, 0) is 25.8 Å².